The van der Waals surface area contributed by atoms with E-state index >= 15 is 0 Å². The zero-order valence-corrected chi connectivity index (χ0v) is 9.53. The van der Waals surface area contributed by atoms with E-state index in [0.717, 1.165) is 0 Å². The van der Waals surface area contributed by atoms with Gasteiger partial charge in [0, 0.05) is 0 Å². The topological polar surface area (TPSA) is 107 Å². The number of amides is 1. The first kappa shape index (κ1) is 17.7. The van der Waals surface area contributed by atoms with E-state index in [0.29, 0.717) is 6.41 Å². The van der Waals surface area contributed by atoms with Gasteiger partial charge < -0.3 is 19.5 Å². The van der Waals surface area contributed by atoms with Crippen molar-refractivity contribution >= 4 is 16.5 Å². The van der Waals surface area contributed by atoms with E-state index < -0.39 is 22.0 Å². The summed E-state index contributed by atoms with van der Waals surface area (Å²) in [6.07, 6.45) is -0.715. The second-order valence-corrected chi connectivity index (χ2v) is 5.43. The summed E-state index contributed by atoms with van der Waals surface area (Å²) < 4.78 is 31.2. The molecule has 0 rings (SSSR count). The summed E-state index contributed by atoms with van der Waals surface area (Å²) in [5.41, 5.74) is 0. The van der Waals surface area contributed by atoms with Gasteiger partial charge in [0.2, 0.25) is 6.41 Å². The molecule has 0 aliphatic carbocycles. The Kier molecular flexibility index (Phi) is 7.51. The molecular weight excluding hydrogens is 236 g/mol. The quantitative estimate of drug-likeness (QED) is 0.245. The van der Waals surface area contributed by atoms with Crippen LogP contribution in [0.15, 0.2) is 0 Å². The lowest BCUT2D eigenvalue weighted by molar-refractivity contribution is -0.894. The van der Waals surface area contributed by atoms with Crippen LogP contribution in [0.3, 0.4) is 0 Å². The number of carbonyl (C=O) groups is 1. The van der Waals surface area contributed by atoms with Crippen molar-refractivity contribution in [1.29, 1.82) is 0 Å². The molecule has 0 saturated heterocycles. The van der Waals surface area contributed by atoms with Crippen molar-refractivity contribution in [2.24, 2.45) is 0 Å². The number of nitrogens with zero attached hydrogens (tertiary/aromatic N) is 1. The molecule has 2 N–H and O–H groups in total. The number of hydrogen-bond acceptors (Lipinski definition) is 5. The third-order valence-corrected chi connectivity index (χ3v) is 2.50. The van der Waals surface area contributed by atoms with Gasteiger partial charge in [0.15, 0.2) is 6.67 Å². The number of rotatable bonds is 7. The van der Waals surface area contributed by atoms with Gasteiger partial charge in [-0.05, 0) is 0 Å². The van der Waals surface area contributed by atoms with Gasteiger partial charge in [-0.1, -0.05) is 7.43 Å². The molecule has 0 bridgehead atoms. The fourth-order valence-corrected chi connectivity index (χ4v) is 1.78. The minimum atomic E-state index is -4.42. The van der Waals surface area contributed by atoms with Gasteiger partial charge in [0.1, 0.15) is 12.6 Å². The first-order valence-electron chi connectivity index (χ1n) is 4.27. The van der Waals surface area contributed by atoms with Crippen molar-refractivity contribution in [2.75, 3.05) is 33.1 Å². The van der Waals surface area contributed by atoms with Crippen LogP contribution in [0.2, 0.25) is 0 Å². The zero-order valence-electron chi connectivity index (χ0n) is 8.71. The number of aliphatic hydroxyl groups excluding tert-OH is 1. The standard InChI is InChI=1S/C7H16N2O5S.CH4/c1-9(2,5-8-6-10)3-7(11)4-15(12,13)14;/h6-7,11H,3-5H2,1-2H3,(H-,8,10,12,13,14);1H4. The number of hydrogen-bond donors (Lipinski definition) is 2. The van der Waals surface area contributed by atoms with Gasteiger partial charge in [0.05, 0.1) is 30.0 Å². The summed E-state index contributed by atoms with van der Waals surface area (Å²) in [5, 5.41) is 11.7. The van der Waals surface area contributed by atoms with Gasteiger partial charge >= 0.3 is 0 Å². The monoisotopic (exact) mass is 256 g/mol. The molecule has 0 aliphatic rings. The van der Waals surface area contributed by atoms with Crippen LogP contribution in [0.1, 0.15) is 7.43 Å². The highest BCUT2D eigenvalue weighted by molar-refractivity contribution is 7.85. The Morgan fingerprint density at radius 3 is 2.38 bits per heavy atom. The lowest BCUT2D eigenvalue weighted by atomic mass is 10.3. The van der Waals surface area contributed by atoms with Crippen LogP contribution in [0.5, 0.6) is 0 Å². The van der Waals surface area contributed by atoms with Crippen LogP contribution in [-0.4, -0.2) is 68.1 Å². The lowest BCUT2D eigenvalue weighted by Crippen LogP contribution is -2.51. The first-order chi connectivity index (χ1) is 6.66. The lowest BCUT2D eigenvalue weighted by Gasteiger charge is -2.31. The molecule has 16 heavy (non-hydrogen) atoms. The SMILES string of the molecule is C.C[N+](C)(CNC=O)CC(O)CS(=O)(=O)[O-]. The molecule has 0 saturated carbocycles. The zero-order chi connectivity index (χ0) is 12.1. The first-order valence-corrected chi connectivity index (χ1v) is 5.85. The second kappa shape index (κ2) is 6.79. The maximum absolute atomic E-state index is 10.3. The van der Waals surface area contributed by atoms with E-state index in [-0.39, 0.29) is 25.1 Å². The van der Waals surface area contributed by atoms with Crippen LogP contribution in [0, 0.1) is 0 Å². The Morgan fingerprint density at radius 2 is 2.00 bits per heavy atom. The van der Waals surface area contributed by atoms with Crippen LogP contribution in [-0.2, 0) is 14.9 Å². The highest BCUT2D eigenvalue weighted by Gasteiger charge is 2.21. The Morgan fingerprint density at radius 1 is 1.50 bits per heavy atom. The fraction of sp³-hybridized carbons (Fsp3) is 0.875. The maximum atomic E-state index is 10.3. The number of carbonyl (C=O) groups excluding carboxylic acids is 1. The van der Waals surface area contributed by atoms with Gasteiger partial charge in [-0.3, -0.25) is 4.79 Å². The molecular formula is C8H20N2O5S. The third kappa shape index (κ3) is 9.84. The van der Waals surface area contributed by atoms with E-state index in [1.54, 1.807) is 14.1 Å². The molecule has 8 heteroatoms. The van der Waals surface area contributed by atoms with E-state index in [1.165, 1.54) is 0 Å². The van der Waals surface area contributed by atoms with Crippen molar-refractivity contribution in [3.8, 4) is 0 Å². The molecule has 1 unspecified atom stereocenters. The summed E-state index contributed by atoms with van der Waals surface area (Å²) in [7, 11) is -1.03. The van der Waals surface area contributed by atoms with Crippen molar-refractivity contribution in [1.82, 2.24) is 5.32 Å². The van der Waals surface area contributed by atoms with E-state index in [4.69, 9.17) is 0 Å². The Labute approximate surface area is 96.4 Å². The van der Waals surface area contributed by atoms with E-state index in [2.05, 4.69) is 5.32 Å². The van der Waals surface area contributed by atoms with E-state index in [1.807, 2.05) is 0 Å². The third-order valence-electron chi connectivity index (χ3n) is 1.70. The summed E-state index contributed by atoms with van der Waals surface area (Å²) in [6, 6.07) is 0. The number of aliphatic hydroxyl groups is 1. The molecule has 0 aliphatic heterocycles. The molecule has 0 heterocycles. The van der Waals surface area contributed by atoms with Crippen LogP contribution in [0.25, 0.3) is 0 Å². The largest absolute Gasteiger partial charge is 0.748 e. The number of nitrogens with one attached hydrogen (secondary N) is 1. The van der Waals surface area contributed by atoms with E-state index in [9.17, 15) is 22.9 Å². The summed E-state index contributed by atoms with van der Waals surface area (Å²) in [6.45, 7) is 0.321. The fourth-order valence-electron chi connectivity index (χ4n) is 1.21. The predicted octanol–water partition coefficient (Wildman–Crippen LogP) is -1.69. The molecule has 7 nitrogen and oxygen atoms in total. The predicted molar refractivity (Wildman–Crippen MR) is 58.3 cm³/mol. The van der Waals surface area contributed by atoms with Gasteiger partial charge in [-0.2, -0.15) is 0 Å². The highest BCUT2D eigenvalue weighted by Crippen LogP contribution is 2.00. The Balaban J connectivity index is 0. The molecule has 1 amide bonds. The Bertz CT molecular complexity index is 302. The molecule has 0 aromatic heterocycles. The molecule has 0 fully saturated rings. The van der Waals surface area contributed by atoms with Crippen molar-refractivity contribution in [3.63, 3.8) is 0 Å². The normalized spacial score (nSPS) is 13.8. The van der Waals surface area contributed by atoms with Crippen LogP contribution < -0.4 is 5.32 Å². The minimum absolute atomic E-state index is 0. The number of quaternary nitrogens is 1. The second-order valence-electron chi connectivity index (χ2n) is 3.98. The average Bonchev–Trinajstić information content (AvgIpc) is 1.95. The van der Waals surface area contributed by atoms with Crippen LogP contribution >= 0.6 is 0 Å². The van der Waals surface area contributed by atoms with Gasteiger partial charge in [0.25, 0.3) is 0 Å². The Hall–Kier alpha value is -0.700. The molecule has 0 spiro atoms. The van der Waals surface area contributed by atoms with Gasteiger partial charge in [-0.25, -0.2) is 8.42 Å². The summed E-state index contributed by atoms with van der Waals surface area (Å²) in [4.78, 5) is 10.0. The molecule has 0 aromatic rings. The number of likely N-dealkylation sites (N-methyl/N-ethyl adjacent to an activating group) is 1. The smallest absolute Gasteiger partial charge is 0.211 e. The van der Waals surface area contributed by atoms with Crippen molar-refractivity contribution < 1.29 is 27.4 Å². The molecule has 0 aromatic carbocycles. The minimum Gasteiger partial charge on any atom is -0.748 e. The van der Waals surface area contributed by atoms with Crippen molar-refractivity contribution in [2.45, 2.75) is 13.5 Å². The molecule has 98 valence electrons. The van der Waals surface area contributed by atoms with Crippen LogP contribution in [0.4, 0.5) is 0 Å². The molecule has 0 radical (unpaired) electrons. The van der Waals surface area contributed by atoms with Crippen molar-refractivity contribution in [3.05, 3.63) is 0 Å². The summed E-state index contributed by atoms with van der Waals surface area (Å²) in [5.74, 6) is -0.810. The maximum Gasteiger partial charge on any atom is 0.211 e. The average molecular weight is 256 g/mol. The van der Waals surface area contributed by atoms with Gasteiger partial charge in [-0.15, -0.1) is 0 Å². The molecule has 1 atom stereocenters. The highest BCUT2D eigenvalue weighted by atomic mass is 32.2. The summed E-state index contributed by atoms with van der Waals surface area (Å²) >= 11 is 0.